The molecule has 0 fully saturated rings. The molecule has 0 aliphatic carbocycles. The number of hydrogen-bond donors (Lipinski definition) is 2. The molecule has 2 aromatic heterocycles. The fraction of sp³-hybridized carbons (Fsp3) is 0.231. The molecule has 0 aliphatic heterocycles. The zero-order chi connectivity index (χ0) is 14.5. The van der Waals surface area contributed by atoms with Crippen LogP contribution in [-0.2, 0) is 6.42 Å². The van der Waals surface area contributed by atoms with Crippen molar-refractivity contribution in [2.45, 2.75) is 13.3 Å². The van der Waals surface area contributed by atoms with E-state index in [1.807, 2.05) is 6.92 Å². The van der Waals surface area contributed by atoms with Crippen LogP contribution in [0, 0.1) is 6.92 Å². The number of amides is 2. The minimum absolute atomic E-state index is 0.220. The van der Waals surface area contributed by atoms with Crippen molar-refractivity contribution in [1.29, 1.82) is 0 Å². The first kappa shape index (κ1) is 14.1. The Morgan fingerprint density at radius 2 is 2.15 bits per heavy atom. The van der Waals surface area contributed by atoms with Gasteiger partial charge in [-0.15, -0.1) is 11.3 Å². The number of carbonyl (C=O) groups excluding carboxylic acids is 2. The largest absolute Gasteiger partial charge is 0.366 e. The minimum atomic E-state index is -0.532. The highest BCUT2D eigenvalue weighted by Gasteiger charge is 2.11. The van der Waals surface area contributed by atoms with Crippen molar-refractivity contribution in [1.82, 2.24) is 15.3 Å². The molecule has 7 heteroatoms. The Morgan fingerprint density at radius 1 is 1.35 bits per heavy atom. The van der Waals surface area contributed by atoms with E-state index >= 15 is 0 Å². The molecule has 0 atom stereocenters. The van der Waals surface area contributed by atoms with Crippen LogP contribution in [0.5, 0.6) is 0 Å². The predicted octanol–water partition coefficient (Wildman–Crippen LogP) is 0.918. The zero-order valence-electron chi connectivity index (χ0n) is 10.9. The Kier molecular flexibility index (Phi) is 4.41. The molecule has 2 rings (SSSR count). The average Bonchev–Trinajstić information content (AvgIpc) is 2.91. The van der Waals surface area contributed by atoms with Crippen LogP contribution in [0.2, 0.25) is 0 Å². The molecule has 0 radical (unpaired) electrons. The van der Waals surface area contributed by atoms with E-state index in [2.05, 4.69) is 15.3 Å². The van der Waals surface area contributed by atoms with Gasteiger partial charge in [0.2, 0.25) is 5.91 Å². The average molecular weight is 290 g/mol. The normalized spacial score (nSPS) is 10.2. The molecule has 0 unspecified atom stereocenters. The van der Waals surface area contributed by atoms with Crippen LogP contribution in [0.15, 0.2) is 23.8 Å². The van der Waals surface area contributed by atoms with Gasteiger partial charge in [0.25, 0.3) is 5.91 Å². The van der Waals surface area contributed by atoms with E-state index in [-0.39, 0.29) is 5.91 Å². The number of nitrogens with zero attached hydrogens (tertiary/aromatic N) is 2. The van der Waals surface area contributed by atoms with Crippen LogP contribution in [0.3, 0.4) is 0 Å². The number of aryl methyl sites for hydroxylation is 1. The number of thiophene rings is 1. The quantitative estimate of drug-likeness (QED) is 0.855. The van der Waals surface area contributed by atoms with Gasteiger partial charge in [-0.1, -0.05) is 0 Å². The third-order valence-corrected chi connectivity index (χ3v) is 3.54. The molecule has 0 bridgehead atoms. The second-order valence-electron chi connectivity index (χ2n) is 4.22. The van der Waals surface area contributed by atoms with Crippen molar-refractivity contribution >= 4 is 23.2 Å². The first-order chi connectivity index (χ1) is 9.56. The molecule has 6 nitrogen and oxygen atoms in total. The summed E-state index contributed by atoms with van der Waals surface area (Å²) in [5, 5.41) is 4.34. The summed E-state index contributed by atoms with van der Waals surface area (Å²) in [6.45, 7) is 2.33. The molecular weight excluding hydrogens is 276 g/mol. The maximum absolute atomic E-state index is 11.8. The topological polar surface area (TPSA) is 98.0 Å². The number of primary amides is 1. The van der Waals surface area contributed by atoms with Crippen LogP contribution < -0.4 is 11.1 Å². The van der Waals surface area contributed by atoms with Crippen LogP contribution in [0.25, 0.3) is 0 Å². The molecule has 2 aromatic rings. The highest BCUT2D eigenvalue weighted by Crippen LogP contribution is 2.13. The van der Waals surface area contributed by atoms with Gasteiger partial charge in [0.15, 0.2) is 0 Å². The highest BCUT2D eigenvalue weighted by molar-refractivity contribution is 7.12. The Labute approximate surface area is 120 Å². The molecular formula is C13H14N4O2S. The second-order valence-corrected chi connectivity index (χ2v) is 5.13. The predicted molar refractivity (Wildman–Crippen MR) is 75.6 cm³/mol. The van der Waals surface area contributed by atoms with E-state index in [0.29, 0.717) is 23.4 Å². The summed E-state index contributed by atoms with van der Waals surface area (Å²) in [5.74, 6) is -0.752. The molecule has 104 valence electrons. The van der Waals surface area contributed by atoms with E-state index in [9.17, 15) is 9.59 Å². The van der Waals surface area contributed by atoms with Crippen molar-refractivity contribution in [3.63, 3.8) is 0 Å². The molecule has 2 heterocycles. The standard InChI is InChI=1S/C13H14N4O2S/c1-8-5-17-10(6-16-8)2-3-15-13(19)11-4-9(7-20-11)12(14)18/h4-7H,2-3H2,1H3,(H2,14,18)(H,15,19). The van der Waals surface area contributed by atoms with Crippen molar-refractivity contribution in [3.05, 3.63) is 45.7 Å². The van der Waals surface area contributed by atoms with E-state index in [4.69, 9.17) is 5.73 Å². The molecule has 0 spiro atoms. The summed E-state index contributed by atoms with van der Waals surface area (Å²) in [5.41, 5.74) is 7.16. The lowest BCUT2D eigenvalue weighted by Gasteiger charge is -2.03. The van der Waals surface area contributed by atoms with Crippen LogP contribution in [0.1, 0.15) is 31.4 Å². The lowest BCUT2D eigenvalue weighted by Crippen LogP contribution is -2.25. The summed E-state index contributed by atoms with van der Waals surface area (Å²) in [6, 6.07) is 1.49. The third-order valence-electron chi connectivity index (χ3n) is 2.61. The molecule has 0 saturated heterocycles. The summed E-state index contributed by atoms with van der Waals surface area (Å²) < 4.78 is 0. The lowest BCUT2D eigenvalue weighted by atomic mass is 10.3. The van der Waals surface area contributed by atoms with E-state index in [0.717, 1.165) is 11.4 Å². The van der Waals surface area contributed by atoms with Crippen LogP contribution in [0.4, 0.5) is 0 Å². The van der Waals surface area contributed by atoms with Crippen molar-refractivity contribution in [2.75, 3.05) is 6.54 Å². The molecule has 0 aliphatic rings. The Morgan fingerprint density at radius 3 is 2.75 bits per heavy atom. The smallest absolute Gasteiger partial charge is 0.261 e. The van der Waals surface area contributed by atoms with Crippen LogP contribution >= 0.6 is 11.3 Å². The zero-order valence-corrected chi connectivity index (χ0v) is 11.7. The Hall–Kier alpha value is -2.28. The van der Waals surface area contributed by atoms with E-state index in [1.54, 1.807) is 17.8 Å². The third kappa shape index (κ3) is 3.61. The number of hydrogen-bond acceptors (Lipinski definition) is 5. The number of aromatic nitrogens is 2. The van der Waals surface area contributed by atoms with Gasteiger partial charge in [-0.2, -0.15) is 0 Å². The van der Waals surface area contributed by atoms with Crippen molar-refractivity contribution in [2.24, 2.45) is 5.73 Å². The lowest BCUT2D eigenvalue weighted by molar-refractivity contribution is 0.0958. The second kappa shape index (κ2) is 6.25. The van der Waals surface area contributed by atoms with Gasteiger partial charge in [-0.05, 0) is 13.0 Å². The molecule has 3 N–H and O–H groups in total. The van der Waals surface area contributed by atoms with Crippen molar-refractivity contribution in [3.8, 4) is 0 Å². The van der Waals surface area contributed by atoms with Gasteiger partial charge < -0.3 is 11.1 Å². The number of nitrogens with one attached hydrogen (secondary N) is 1. The monoisotopic (exact) mass is 290 g/mol. The molecule has 2 amide bonds. The maximum Gasteiger partial charge on any atom is 0.261 e. The Bertz CT molecular complexity index is 622. The fourth-order valence-corrected chi connectivity index (χ4v) is 2.34. The van der Waals surface area contributed by atoms with Gasteiger partial charge in [0.05, 0.1) is 21.8 Å². The molecule has 0 aromatic carbocycles. The number of nitrogens with two attached hydrogens (primary N) is 1. The van der Waals surface area contributed by atoms with Gasteiger partial charge >= 0.3 is 0 Å². The SMILES string of the molecule is Cc1cnc(CCNC(=O)c2cc(C(N)=O)cs2)cn1. The van der Waals surface area contributed by atoms with E-state index < -0.39 is 5.91 Å². The highest BCUT2D eigenvalue weighted by atomic mass is 32.1. The van der Waals surface area contributed by atoms with Gasteiger partial charge in [0.1, 0.15) is 0 Å². The number of rotatable bonds is 5. The molecule has 20 heavy (non-hydrogen) atoms. The van der Waals surface area contributed by atoms with Gasteiger partial charge in [-0.25, -0.2) is 0 Å². The first-order valence-electron chi connectivity index (χ1n) is 6.00. The van der Waals surface area contributed by atoms with Crippen LogP contribution in [-0.4, -0.2) is 28.3 Å². The maximum atomic E-state index is 11.8. The fourth-order valence-electron chi connectivity index (χ4n) is 1.52. The van der Waals surface area contributed by atoms with Gasteiger partial charge in [0, 0.05) is 30.7 Å². The van der Waals surface area contributed by atoms with Gasteiger partial charge in [-0.3, -0.25) is 19.6 Å². The first-order valence-corrected chi connectivity index (χ1v) is 6.88. The van der Waals surface area contributed by atoms with Crippen molar-refractivity contribution < 1.29 is 9.59 Å². The summed E-state index contributed by atoms with van der Waals surface area (Å²) in [4.78, 5) is 31.6. The summed E-state index contributed by atoms with van der Waals surface area (Å²) >= 11 is 1.19. The molecule has 0 saturated carbocycles. The minimum Gasteiger partial charge on any atom is -0.366 e. The van der Waals surface area contributed by atoms with E-state index in [1.165, 1.54) is 17.4 Å². The Balaban J connectivity index is 1.85. The summed E-state index contributed by atoms with van der Waals surface area (Å²) in [7, 11) is 0. The summed E-state index contributed by atoms with van der Waals surface area (Å²) in [6.07, 6.45) is 3.99. The number of carbonyl (C=O) groups is 2.